The monoisotopic (exact) mass is 309 g/mol. The van der Waals surface area contributed by atoms with Gasteiger partial charge in [-0.2, -0.15) is 5.10 Å². The molecule has 23 heavy (non-hydrogen) atoms. The predicted octanol–water partition coefficient (Wildman–Crippen LogP) is 2.76. The van der Waals surface area contributed by atoms with E-state index in [0.29, 0.717) is 18.4 Å². The molecule has 2 heterocycles. The molecule has 0 saturated heterocycles. The second kappa shape index (κ2) is 5.96. The van der Waals surface area contributed by atoms with E-state index in [1.165, 1.54) is 12.8 Å². The molecule has 1 aliphatic carbocycles. The molecular weight excluding hydrogens is 290 g/mol. The van der Waals surface area contributed by atoms with Gasteiger partial charge in [-0.15, -0.1) is 10.2 Å². The molecule has 0 unspecified atom stereocenters. The lowest BCUT2D eigenvalue weighted by atomic mass is 10.3. The smallest absolute Gasteiger partial charge is 0.230 e. The Morgan fingerprint density at radius 1 is 1.17 bits per heavy atom. The normalized spacial score (nSPS) is 14.5. The minimum Gasteiger partial charge on any atom is -0.424 e. The third-order valence-electron chi connectivity index (χ3n) is 3.92. The number of nitrogens with zero attached hydrogens (tertiary/aromatic N) is 5. The fourth-order valence-electron chi connectivity index (χ4n) is 2.59. The van der Waals surface area contributed by atoms with E-state index < -0.39 is 0 Å². The van der Waals surface area contributed by atoms with Gasteiger partial charge in [0.05, 0.1) is 18.4 Å². The first kappa shape index (κ1) is 14.1. The highest BCUT2D eigenvalue weighted by Gasteiger charge is 2.29. The van der Waals surface area contributed by atoms with Crippen LogP contribution in [0.1, 0.15) is 36.1 Å². The van der Waals surface area contributed by atoms with Gasteiger partial charge in [0.2, 0.25) is 11.8 Å². The van der Waals surface area contributed by atoms with E-state index in [0.717, 1.165) is 23.7 Å². The van der Waals surface area contributed by atoms with Gasteiger partial charge in [-0.05, 0) is 32.0 Å². The third kappa shape index (κ3) is 3.32. The second-order valence-electron chi connectivity index (χ2n) is 6.11. The van der Waals surface area contributed by atoms with Crippen molar-refractivity contribution in [1.29, 1.82) is 0 Å². The topological polar surface area (TPSA) is 60.0 Å². The molecule has 1 saturated carbocycles. The van der Waals surface area contributed by atoms with Crippen molar-refractivity contribution >= 4 is 0 Å². The number of hydrogen-bond donors (Lipinski definition) is 0. The fraction of sp³-hybridized carbons (Fsp3) is 0.353. The molecule has 0 radical (unpaired) electrons. The zero-order valence-electron chi connectivity index (χ0n) is 13.1. The first-order chi connectivity index (χ1) is 11.3. The van der Waals surface area contributed by atoms with Crippen molar-refractivity contribution in [2.75, 3.05) is 7.05 Å². The lowest BCUT2D eigenvalue weighted by Crippen LogP contribution is -2.17. The lowest BCUT2D eigenvalue weighted by Gasteiger charge is -2.12. The van der Waals surface area contributed by atoms with Crippen LogP contribution >= 0.6 is 0 Å². The summed E-state index contributed by atoms with van der Waals surface area (Å²) in [5.74, 6) is 1.99. The van der Waals surface area contributed by atoms with Crippen molar-refractivity contribution in [3.05, 3.63) is 60.1 Å². The average molecular weight is 309 g/mol. The van der Waals surface area contributed by atoms with Crippen LogP contribution in [0.25, 0.3) is 5.69 Å². The molecule has 1 fully saturated rings. The molecule has 0 spiro atoms. The molecule has 0 atom stereocenters. The van der Waals surface area contributed by atoms with Crippen LogP contribution in [0.5, 0.6) is 0 Å². The quantitative estimate of drug-likeness (QED) is 0.700. The Bertz CT molecular complexity index is 775. The summed E-state index contributed by atoms with van der Waals surface area (Å²) in [6.07, 6.45) is 6.30. The molecule has 0 N–H and O–H groups in total. The highest BCUT2D eigenvalue weighted by molar-refractivity contribution is 5.30. The van der Waals surface area contributed by atoms with Crippen LogP contribution in [0.2, 0.25) is 0 Å². The molecule has 6 heteroatoms. The Balaban J connectivity index is 1.38. The van der Waals surface area contributed by atoms with Gasteiger partial charge < -0.3 is 4.42 Å². The van der Waals surface area contributed by atoms with Gasteiger partial charge in [-0.3, -0.25) is 4.90 Å². The van der Waals surface area contributed by atoms with Crippen LogP contribution in [0.15, 0.2) is 47.1 Å². The van der Waals surface area contributed by atoms with E-state index in [1.807, 2.05) is 48.3 Å². The van der Waals surface area contributed by atoms with Gasteiger partial charge in [0, 0.05) is 24.2 Å². The van der Waals surface area contributed by atoms with Gasteiger partial charge in [0.15, 0.2) is 0 Å². The molecule has 2 aromatic heterocycles. The largest absolute Gasteiger partial charge is 0.424 e. The number of hydrogen-bond acceptors (Lipinski definition) is 5. The minimum atomic E-state index is 0.505. The Kier molecular flexibility index (Phi) is 3.67. The van der Waals surface area contributed by atoms with Crippen molar-refractivity contribution < 1.29 is 4.42 Å². The van der Waals surface area contributed by atoms with E-state index in [-0.39, 0.29) is 0 Å². The summed E-state index contributed by atoms with van der Waals surface area (Å²) >= 11 is 0. The van der Waals surface area contributed by atoms with Crippen molar-refractivity contribution in [3.8, 4) is 5.69 Å². The predicted molar refractivity (Wildman–Crippen MR) is 85.0 cm³/mol. The molecule has 3 aromatic rings. The van der Waals surface area contributed by atoms with Crippen LogP contribution in [0.4, 0.5) is 0 Å². The summed E-state index contributed by atoms with van der Waals surface area (Å²) in [6.45, 7) is 1.43. The van der Waals surface area contributed by atoms with Crippen LogP contribution in [0.3, 0.4) is 0 Å². The van der Waals surface area contributed by atoms with E-state index in [1.54, 1.807) is 0 Å². The molecule has 0 aliphatic heterocycles. The van der Waals surface area contributed by atoms with Gasteiger partial charge in [-0.1, -0.05) is 18.2 Å². The molecule has 4 rings (SSSR count). The van der Waals surface area contributed by atoms with Crippen LogP contribution < -0.4 is 0 Å². The molecular formula is C17H19N5O. The molecule has 0 amide bonds. The van der Waals surface area contributed by atoms with Crippen LogP contribution in [-0.2, 0) is 13.1 Å². The first-order valence-electron chi connectivity index (χ1n) is 7.88. The number of rotatable bonds is 6. The van der Waals surface area contributed by atoms with Gasteiger partial charge in [0.25, 0.3) is 0 Å². The average Bonchev–Trinajstić information content (AvgIpc) is 3.14. The summed E-state index contributed by atoms with van der Waals surface area (Å²) in [5.41, 5.74) is 2.21. The Labute approximate surface area is 134 Å². The molecule has 1 aromatic carbocycles. The Morgan fingerprint density at radius 3 is 2.78 bits per heavy atom. The van der Waals surface area contributed by atoms with Gasteiger partial charge >= 0.3 is 0 Å². The van der Waals surface area contributed by atoms with Crippen molar-refractivity contribution in [1.82, 2.24) is 24.9 Å². The van der Waals surface area contributed by atoms with E-state index >= 15 is 0 Å². The Morgan fingerprint density at radius 2 is 2.00 bits per heavy atom. The summed E-state index contributed by atoms with van der Waals surface area (Å²) in [7, 11) is 2.04. The minimum absolute atomic E-state index is 0.505. The molecule has 118 valence electrons. The number of benzene rings is 1. The fourth-order valence-corrected chi connectivity index (χ4v) is 2.59. The van der Waals surface area contributed by atoms with Crippen molar-refractivity contribution in [3.63, 3.8) is 0 Å². The first-order valence-corrected chi connectivity index (χ1v) is 7.88. The van der Waals surface area contributed by atoms with Crippen molar-refractivity contribution in [2.45, 2.75) is 31.8 Å². The maximum atomic E-state index is 5.71. The zero-order valence-corrected chi connectivity index (χ0v) is 13.1. The van der Waals surface area contributed by atoms with Crippen LogP contribution in [-0.4, -0.2) is 31.9 Å². The van der Waals surface area contributed by atoms with Gasteiger partial charge in [-0.25, -0.2) is 4.68 Å². The number of para-hydroxylation sites is 1. The molecule has 6 nitrogen and oxygen atoms in total. The third-order valence-corrected chi connectivity index (χ3v) is 3.92. The van der Waals surface area contributed by atoms with E-state index in [4.69, 9.17) is 4.42 Å². The second-order valence-corrected chi connectivity index (χ2v) is 6.11. The SMILES string of the molecule is CN(Cc1cnn(-c2ccccc2)c1)Cc1nnc(C2CC2)o1. The van der Waals surface area contributed by atoms with E-state index in [2.05, 4.69) is 26.4 Å². The summed E-state index contributed by atoms with van der Waals surface area (Å²) < 4.78 is 7.60. The summed E-state index contributed by atoms with van der Waals surface area (Å²) in [6, 6.07) is 10.1. The maximum Gasteiger partial charge on any atom is 0.230 e. The van der Waals surface area contributed by atoms with Crippen molar-refractivity contribution in [2.24, 2.45) is 0 Å². The summed E-state index contributed by atoms with van der Waals surface area (Å²) in [4.78, 5) is 2.15. The maximum absolute atomic E-state index is 5.71. The molecule has 1 aliphatic rings. The Hall–Kier alpha value is -2.47. The standard InChI is InChI=1S/C17H19N5O/c1-21(12-16-19-20-17(23-16)14-7-8-14)10-13-9-18-22(11-13)15-5-3-2-4-6-15/h2-6,9,11,14H,7-8,10,12H2,1H3. The van der Waals surface area contributed by atoms with Crippen LogP contribution in [0, 0.1) is 0 Å². The zero-order chi connectivity index (χ0) is 15.6. The van der Waals surface area contributed by atoms with E-state index in [9.17, 15) is 0 Å². The lowest BCUT2D eigenvalue weighted by molar-refractivity contribution is 0.277. The molecule has 0 bridgehead atoms. The summed E-state index contributed by atoms with van der Waals surface area (Å²) in [5, 5.41) is 12.7. The highest BCUT2D eigenvalue weighted by atomic mass is 16.4. The highest BCUT2D eigenvalue weighted by Crippen LogP contribution is 2.39. The van der Waals surface area contributed by atoms with Gasteiger partial charge in [0.1, 0.15) is 0 Å². The number of aromatic nitrogens is 4.